The smallest absolute Gasteiger partial charge is 0.254 e. The first-order chi connectivity index (χ1) is 11.2. The van der Waals surface area contributed by atoms with E-state index in [1.807, 2.05) is 30.0 Å². The zero-order chi connectivity index (χ0) is 16.4. The molecule has 0 aliphatic carbocycles. The van der Waals surface area contributed by atoms with Gasteiger partial charge in [0.05, 0.1) is 20.3 Å². The van der Waals surface area contributed by atoms with E-state index >= 15 is 0 Å². The van der Waals surface area contributed by atoms with Crippen molar-refractivity contribution in [2.24, 2.45) is 0 Å². The van der Waals surface area contributed by atoms with Gasteiger partial charge in [0.1, 0.15) is 11.5 Å². The van der Waals surface area contributed by atoms with E-state index in [4.69, 9.17) is 9.47 Å². The van der Waals surface area contributed by atoms with Gasteiger partial charge in [0.25, 0.3) is 5.91 Å². The molecule has 5 heteroatoms. The largest absolute Gasteiger partial charge is 0.496 e. The molecule has 2 heterocycles. The molecule has 1 fully saturated rings. The Kier molecular flexibility index (Phi) is 4.57. The maximum atomic E-state index is 13.0. The van der Waals surface area contributed by atoms with E-state index in [-0.39, 0.29) is 11.9 Å². The molecule has 1 atom stereocenters. The van der Waals surface area contributed by atoms with Crippen LogP contribution in [0.4, 0.5) is 0 Å². The fourth-order valence-electron chi connectivity index (χ4n) is 3.16. The number of likely N-dealkylation sites (tertiary alicyclic amines) is 1. The first-order valence-electron chi connectivity index (χ1n) is 7.72. The summed E-state index contributed by atoms with van der Waals surface area (Å²) in [5.74, 6) is 1.40. The van der Waals surface area contributed by atoms with E-state index in [0.29, 0.717) is 17.1 Å². The molecular formula is C18H21NO3S. The van der Waals surface area contributed by atoms with Crippen LogP contribution in [0.5, 0.6) is 11.5 Å². The number of nitrogens with zero attached hydrogens (tertiary/aromatic N) is 1. The summed E-state index contributed by atoms with van der Waals surface area (Å²) < 4.78 is 10.8. The third kappa shape index (κ3) is 2.93. The van der Waals surface area contributed by atoms with E-state index in [1.54, 1.807) is 25.6 Å². The van der Waals surface area contributed by atoms with Gasteiger partial charge in [-0.05, 0) is 43.3 Å². The maximum Gasteiger partial charge on any atom is 0.254 e. The van der Waals surface area contributed by atoms with Crippen LogP contribution in [-0.2, 0) is 0 Å². The summed E-state index contributed by atoms with van der Waals surface area (Å²) in [6.45, 7) is 2.72. The number of carbonyl (C=O) groups is 1. The molecule has 1 amide bonds. The van der Waals surface area contributed by atoms with Gasteiger partial charge in [-0.25, -0.2) is 0 Å². The number of carbonyl (C=O) groups excluding carboxylic acids is 1. The van der Waals surface area contributed by atoms with Crippen LogP contribution in [-0.4, -0.2) is 31.6 Å². The molecule has 1 unspecified atom stereocenters. The Morgan fingerprint density at radius 2 is 1.96 bits per heavy atom. The van der Waals surface area contributed by atoms with Crippen molar-refractivity contribution in [1.29, 1.82) is 0 Å². The van der Waals surface area contributed by atoms with Crippen LogP contribution in [0.2, 0.25) is 0 Å². The van der Waals surface area contributed by atoms with Crippen LogP contribution >= 0.6 is 11.3 Å². The van der Waals surface area contributed by atoms with Gasteiger partial charge in [-0.15, -0.1) is 11.3 Å². The van der Waals surface area contributed by atoms with E-state index in [9.17, 15) is 4.79 Å². The number of methoxy groups -OCH3 is 2. The first-order valence-corrected chi connectivity index (χ1v) is 8.60. The number of amides is 1. The number of rotatable bonds is 4. The fourth-order valence-corrected chi connectivity index (χ4v) is 4.04. The molecule has 0 saturated carbocycles. The van der Waals surface area contributed by atoms with Crippen molar-refractivity contribution < 1.29 is 14.3 Å². The zero-order valence-electron chi connectivity index (χ0n) is 13.7. The molecule has 1 saturated heterocycles. The molecule has 122 valence electrons. The lowest BCUT2D eigenvalue weighted by Gasteiger charge is -2.24. The lowest BCUT2D eigenvalue weighted by atomic mass is 10.1. The average Bonchev–Trinajstić information content (AvgIpc) is 3.25. The first kappa shape index (κ1) is 15.9. The second kappa shape index (κ2) is 6.62. The molecule has 23 heavy (non-hydrogen) atoms. The standard InChI is InChI=1S/C18H21NO3S/c1-12-15(21-2)10-13(11-16(12)22-3)18(20)19-8-4-6-14(19)17-7-5-9-23-17/h5,7,9-11,14H,4,6,8H2,1-3H3. The lowest BCUT2D eigenvalue weighted by Crippen LogP contribution is -2.30. The Hall–Kier alpha value is -2.01. The van der Waals surface area contributed by atoms with Gasteiger partial charge in [0.15, 0.2) is 0 Å². The normalized spacial score (nSPS) is 17.3. The average molecular weight is 331 g/mol. The maximum absolute atomic E-state index is 13.0. The van der Waals surface area contributed by atoms with Crippen LogP contribution < -0.4 is 9.47 Å². The Balaban J connectivity index is 1.93. The predicted octanol–water partition coefficient (Wildman–Crippen LogP) is 4.05. The van der Waals surface area contributed by atoms with Gasteiger partial charge in [-0.2, -0.15) is 0 Å². The Morgan fingerprint density at radius 1 is 1.26 bits per heavy atom. The SMILES string of the molecule is COc1cc(C(=O)N2CCCC2c2cccs2)cc(OC)c1C. The van der Waals surface area contributed by atoms with Gasteiger partial charge >= 0.3 is 0 Å². The quantitative estimate of drug-likeness (QED) is 0.848. The number of benzene rings is 1. The minimum Gasteiger partial charge on any atom is -0.496 e. The Morgan fingerprint density at radius 3 is 2.52 bits per heavy atom. The van der Waals surface area contributed by atoms with Gasteiger partial charge in [0, 0.05) is 22.5 Å². The molecule has 0 N–H and O–H groups in total. The van der Waals surface area contributed by atoms with Crippen LogP contribution in [0.3, 0.4) is 0 Å². The van der Waals surface area contributed by atoms with Crippen molar-refractivity contribution in [3.8, 4) is 11.5 Å². The van der Waals surface area contributed by atoms with Gasteiger partial charge in [0.2, 0.25) is 0 Å². The van der Waals surface area contributed by atoms with Crippen LogP contribution in [0.15, 0.2) is 29.6 Å². The highest BCUT2D eigenvalue weighted by atomic mass is 32.1. The molecule has 4 nitrogen and oxygen atoms in total. The van der Waals surface area contributed by atoms with E-state index in [0.717, 1.165) is 24.9 Å². The van der Waals surface area contributed by atoms with Crippen molar-refractivity contribution in [1.82, 2.24) is 4.90 Å². The minimum absolute atomic E-state index is 0.0394. The summed E-state index contributed by atoms with van der Waals surface area (Å²) in [6, 6.07) is 7.95. The van der Waals surface area contributed by atoms with Crippen molar-refractivity contribution in [2.75, 3.05) is 20.8 Å². The number of hydrogen-bond acceptors (Lipinski definition) is 4. The third-order valence-corrected chi connectivity index (χ3v) is 5.36. The van der Waals surface area contributed by atoms with Crippen LogP contribution in [0.25, 0.3) is 0 Å². The van der Waals surface area contributed by atoms with Crippen LogP contribution in [0, 0.1) is 6.92 Å². The predicted molar refractivity (Wildman–Crippen MR) is 91.6 cm³/mol. The highest BCUT2D eigenvalue weighted by Crippen LogP contribution is 2.37. The number of thiophene rings is 1. The molecule has 1 aromatic carbocycles. The number of ether oxygens (including phenoxy) is 2. The summed E-state index contributed by atoms with van der Waals surface area (Å²) in [6.07, 6.45) is 2.06. The molecule has 1 aromatic heterocycles. The van der Waals surface area contributed by atoms with Crippen molar-refractivity contribution >= 4 is 17.2 Å². The zero-order valence-corrected chi connectivity index (χ0v) is 14.5. The van der Waals surface area contributed by atoms with Crippen molar-refractivity contribution in [2.45, 2.75) is 25.8 Å². The molecule has 0 radical (unpaired) electrons. The van der Waals surface area contributed by atoms with E-state index < -0.39 is 0 Å². The second-order valence-corrected chi connectivity index (χ2v) is 6.66. The molecular weight excluding hydrogens is 310 g/mol. The summed E-state index contributed by atoms with van der Waals surface area (Å²) in [5.41, 5.74) is 1.52. The Bertz CT molecular complexity index is 671. The second-order valence-electron chi connectivity index (χ2n) is 5.68. The molecule has 1 aliphatic rings. The van der Waals surface area contributed by atoms with E-state index in [1.165, 1.54) is 4.88 Å². The topological polar surface area (TPSA) is 38.8 Å². The summed E-state index contributed by atoms with van der Waals surface area (Å²) in [7, 11) is 3.22. The van der Waals surface area contributed by atoms with Crippen LogP contribution in [0.1, 0.15) is 39.7 Å². The molecule has 0 spiro atoms. The summed E-state index contributed by atoms with van der Waals surface area (Å²) in [5, 5.41) is 2.06. The van der Waals surface area contributed by atoms with Gasteiger partial charge in [-0.3, -0.25) is 4.79 Å². The summed E-state index contributed by atoms with van der Waals surface area (Å²) >= 11 is 1.71. The highest BCUT2D eigenvalue weighted by molar-refractivity contribution is 7.10. The minimum atomic E-state index is 0.0394. The molecule has 2 aromatic rings. The fraction of sp³-hybridized carbons (Fsp3) is 0.389. The monoisotopic (exact) mass is 331 g/mol. The Labute approximate surface area is 140 Å². The molecule has 1 aliphatic heterocycles. The molecule has 3 rings (SSSR count). The van der Waals surface area contributed by atoms with Crippen molar-refractivity contribution in [3.05, 3.63) is 45.6 Å². The molecule has 0 bridgehead atoms. The highest BCUT2D eigenvalue weighted by Gasteiger charge is 2.31. The van der Waals surface area contributed by atoms with Crippen molar-refractivity contribution in [3.63, 3.8) is 0 Å². The van der Waals surface area contributed by atoms with Gasteiger partial charge in [-0.1, -0.05) is 6.07 Å². The van der Waals surface area contributed by atoms with Gasteiger partial charge < -0.3 is 14.4 Å². The third-order valence-electron chi connectivity index (χ3n) is 4.38. The summed E-state index contributed by atoms with van der Waals surface area (Å²) in [4.78, 5) is 16.2. The van der Waals surface area contributed by atoms with E-state index in [2.05, 4.69) is 11.4 Å². The lowest BCUT2D eigenvalue weighted by molar-refractivity contribution is 0.0737. The number of hydrogen-bond donors (Lipinski definition) is 0.